The average molecular weight is 336 g/mol. The van der Waals surface area contributed by atoms with Gasteiger partial charge >= 0.3 is 12.1 Å². The molecule has 0 aliphatic carbocycles. The van der Waals surface area contributed by atoms with Crippen LogP contribution in [0.1, 0.15) is 38.7 Å². The van der Waals surface area contributed by atoms with E-state index in [4.69, 9.17) is 9.84 Å². The molecule has 0 aliphatic heterocycles. The summed E-state index contributed by atoms with van der Waals surface area (Å²) in [6.45, 7) is 3.50. The minimum atomic E-state index is -1.09. The van der Waals surface area contributed by atoms with Crippen molar-refractivity contribution in [1.29, 1.82) is 0 Å². The normalized spacial score (nSPS) is 12.8. The lowest BCUT2D eigenvalue weighted by Gasteiger charge is -2.18. The zero-order valence-corrected chi connectivity index (χ0v) is 14.0. The highest BCUT2D eigenvalue weighted by Crippen LogP contribution is 2.03. The van der Waals surface area contributed by atoms with Crippen LogP contribution in [0.15, 0.2) is 30.3 Å². The van der Waals surface area contributed by atoms with Crippen LogP contribution in [0.2, 0.25) is 0 Å². The van der Waals surface area contributed by atoms with Crippen LogP contribution in [0.5, 0.6) is 0 Å². The molecule has 3 N–H and O–H groups in total. The Morgan fingerprint density at radius 3 is 2.42 bits per heavy atom. The van der Waals surface area contributed by atoms with Crippen molar-refractivity contribution in [3.8, 4) is 0 Å². The number of hydrogen-bond acceptors (Lipinski definition) is 4. The Morgan fingerprint density at radius 1 is 1.17 bits per heavy atom. The molecule has 2 amide bonds. The third-order valence-corrected chi connectivity index (χ3v) is 3.40. The summed E-state index contributed by atoms with van der Waals surface area (Å²) in [4.78, 5) is 34.8. The number of rotatable bonds is 9. The van der Waals surface area contributed by atoms with Crippen LogP contribution in [-0.2, 0) is 20.9 Å². The van der Waals surface area contributed by atoms with Gasteiger partial charge in [-0.15, -0.1) is 0 Å². The van der Waals surface area contributed by atoms with Gasteiger partial charge in [0.05, 0.1) is 0 Å². The molecule has 2 atom stereocenters. The standard InChI is InChI=1S/C17H24N2O5/c1-3-4-10-14(16(21)22)19-15(20)12(2)18-17(23)24-11-13-8-6-5-7-9-13/h5-9,12,14H,3-4,10-11H2,1-2H3,(H,18,23)(H,19,20)(H,21,22)/t12-,14+/m0/s1. The lowest BCUT2D eigenvalue weighted by Crippen LogP contribution is -2.50. The number of carboxylic acid groups (broad SMARTS) is 1. The molecule has 0 fully saturated rings. The van der Waals surface area contributed by atoms with Crippen molar-refractivity contribution in [2.45, 2.75) is 51.8 Å². The fraction of sp³-hybridized carbons (Fsp3) is 0.471. The minimum absolute atomic E-state index is 0.0925. The minimum Gasteiger partial charge on any atom is -0.480 e. The molecule has 132 valence electrons. The molecule has 1 rings (SSSR count). The lowest BCUT2D eigenvalue weighted by atomic mass is 10.1. The Kier molecular flexibility index (Phi) is 8.32. The quantitative estimate of drug-likeness (QED) is 0.640. The Morgan fingerprint density at radius 2 is 1.83 bits per heavy atom. The average Bonchev–Trinajstić information content (AvgIpc) is 2.57. The molecule has 0 aromatic heterocycles. The summed E-state index contributed by atoms with van der Waals surface area (Å²) in [5.41, 5.74) is 0.829. The van der Waals surface area contributed by atoms with Crippen LogP contribution in [0.3, 0.4) is 0 Å². The van der Waals surface area contributed by atoms with E-state index in [9.17, 15) is 14.4 Å². The fourth-order valence-corrected chi connectivity index (χ4v) is 1.97. The maximum atomic E-state index is 12.0. The highest BCUT2D eigenvalue weighted by atomic mass is 16.5. The van der Waals surface area contributed by atoms with Crippen molar-refractivity contribution in [3.05, 3.63) is 35.9 Å². The van der Waals surface area contributed by atoms with Gasteiger partial charge < -0.3 is 20.5 Å². The number of aliphatic carboxylic acids is 1. The third-order valence-electron chi connectivity index (χ3n) is 3.40. The Hall–Kier alpha value is -2.57. The van der Waals surface area contributed by atoms with Crippen molar-refractivity contribution in [2.24, 2.45) is 0 Å². The number of carbonyl (C=O) groups is 3. The lowest BCUT2D eigenvalue weighted by molar-refractivity contribution is -0.142. The first-order chi connectivity index (χ1) is 11.4. The SMILES string of the molecule is CCCC[C@@H](NC(=O)[C@H](C)NC(=O)OCc1ccccc1)C(=O)O. The number of nitrogens with one attached hydrogen (secondary N) is 2. The van der Waals surface area contributed by atoms with Gasteiger partial charge in [0.25, 0.3) is 0 Å². The molecule has 0 unspecified atom stereocenters. The van der Waals surface area contributed by atoms with Crippen molar-refractivity contribution >= 4 is 18.0 Å². The molecule has 0 bridgehead atoms. The molecule has 0 saturated carbocycles. The molecule has 0 radical (unpaired) electrons. The number of alkyl carbamates (subject to hydrolysis) is 1. The molecule has 0 spiro atoms. The van der Waals surface area contributed by atoms with E-state index in [1.54, 1.807) is 0 Å². The van der Waals surface area contributed by atoms with Crippen LogP contribution in [0.25, 0.3) is 0 Å². The second-order valence-electron chi connectivity index (χ2n) is 5.47. The molecule has 7 nitrogen and oxygen atoms in total. The van der Waals surface area contributed by atoms with E-state index in [0.717, 1.165) is 12.0 Å². The molecule has 7 heteroatoms. The maximum Gasteiger partial charge on any atom is 0.408 e. The number of carbonyl (C=O) groups excluding carboxylic acids is 2. The first-order valence-corrected chi connectivity index (χ1v) is 7.94. The van der Waals surface area contributed by atoms with Crippen molar-refractivity contribution in [3.63, 3.8) is 0 Å². The van der Waals surface area contributed by atoms with Crippen molar-refractivity contribution in [1.82, 2.24) is 10.6 Å². The van der Waals surface area contributed by atoms with E-state index >= 15 is 0 Å². The second kappa shape index (κ2) is 10.3. The number of ether oxygens (including phenoxy) is 1. The molecule has 0 aliphatic rings. The molecule has 0 heterocycles. The van der Waals surface area contributed by atoms with Crippen LogP contribution < -0.4 is 10.6 Å². The summed E-state index contributed by atoms with van der Waals surface area (Å²) < 4.78 is 5.02. The van der Waals surface area contributed by atoms with Crippen LogP contribution >= 0.6 is 0 Å². The number of hydrogen-bond donors (Lipinski definition) is 3. The summed E-state index contributed by atoms with van der Waals surface area (Å²) in [7, 11) is 0. The molecular weight excluding hydrogens is 312 g/mol. The van der Waals surface area contributed by atoms with Gasteiger partial charge in [0.2, 0.25) is 5.91 Å². The van der Waals surface area contributed by atoms with E-state index in [-0.39, 0.29) is 6.61 Å². The van der Waals surface area contributed by atoms with Gasteiger partial charge in [0, 0.05) is 0 Å². The van der Waals surface area contributed by atoms with Crippen LogP contribution in [-0.4, -0.2) is 35.2 Å². The Bertz CT molecular complexity index is 547. The van der Waals surface area contributed by atoms with E-state index in [1.807, 2.05) is 37.3 Å². The highest BCUT2D eigenvalue weighted by Gasteiger charge is 2.23. The zero-order valence-electron chi connectivity index (χ0n) is 14.0. The molecule has 0 saturated heterocycles. The van der Waals surface area contributed by atoms with Gasteiger partial charge in [-0.2, -0.15) is 0 Å². The summed E-state index contributed by atoms with van der Waals surface area (Å²) >= 11 is 0. The van der Waals surface area contributed by atoms with Gasteiger partial charge in [-0.3, -0.25) is 4.79 Å². The predicted molar refractivity (Wildman–Crippen MR) is 88.3 cm³/mol. The van der Waals surface area contributed by atoms with E-state index < -0.39 is 30.1 Å². The smallest absolute Gasteiger partial charge is 0.408 e. The van der Waals surface area contributed by atoms with Gasteiger partial charge in [-0.05, 0) is 18.9 Å². The molecule has 1 aromatic rings. The topological polar surface area (TPSA) is 105 Å². The van der Waals surface area contributed by atoms with Crippen molar-refractivity contribution in [2.75, 3.05) is 0 Å². The summed E-state index contributed by atoms with van der Waals surface area (Å²) in [6.07, 6.45) is 1.14. The van der Waals surface area contributed by atoms with Gasteiger partial charge in [0.1, 0.15) is 18.7 Å². The van der Waals surface area contributed by atoms with E-state index in [2.05, 4.69) is 10.6 Å². The number of benzene rings is 1. The zero-order chi connectivity index (χ0) is 17.9. The van der Waals surface area contributed by atoms with Crippen LogP contribution in [0, 0.1) is 0 Å². The van der Waals surface area contributed by atoms with Crippen LogP contribution in [0.4, 0.5) is 4.79 Å². The summed E-state index contributed by atoms with van der Waals surface area (Å²) in [6, 6.07) is 7.29. The maximum absolute atomic E-state index is 12.0. The highest BCUT2D eigenvalue weighted by molar-refractivity contribution is 5.88. The van der Waals surface area contributed by atoms with Gasteiger partial charge in [-0.1, -0.05) is 50.1 Å². The molecular formula is C17H24N2O5. The first kappa shape index (κ1) is 19.5. The number of amides is 2. The fourth-order valence-electron chi connectivity index (χ4n) is 1.97. The monoisotopic (exact) mass is 336 g/mol. The summed E-state index contributed by atoms with van der Waals surface area (Å²) in [5, 5.41) is 13.9. The Labute approximate surface area is 141 Å². The van der Waals surface area contributed by atoms with E-state index in [0.29, 0.717) is 12.8 Å². The van der Waals surface area contributed by atoms with Gasteiger partial charge in [-0.25, -0.2) is 9.59 Å². The third kappa shape index (κ3) is 7.13. The molecule has 24 heavy (non-hydrogen) atoms. The van der Waals surface area contributed by atoms with Crippen molar-refractivity contribution < 1.29 is 24.2 Å². The largest absolute Gasteiger partial charge is 0.480 e. The number of carboxylic acids is 1. The van der Waals surface area contributed by atoms with E-state index in [1.165, 1.54) is 6.92 Å². The number of unbranched alkanes of at least 4 members (excludes halogenated alkanes) is 1. The molecule has 1 aromatic carbocycles. The Balaban J connectivity index is 2.41. The van der Waals surface area contributed by atoms with Gasteiger partial charge in [0.15, 0.2) is 0 Å². The summed E-state index contributed by atoms with van der Waals surface area (Å²) in [5.74, 6) is -1.65. The predicted octanol–water partition coefficient (Wildman–Crippen LogP) is 2.06. The first-order valence-electron chi connectivity index (χ1n) is 7.94. The second-order valence-corrected chi connectivity index (χ2v) is 5.47.